The van der Waals surface area contributed by atoms with E-state index in [0.29, 0.717) is 22.8 Å². The molecule has 31 heavy (non-hydrogen) atoms. The van der Waals surface area contributed by atoms with Crippen LogP contribution in [0.15, 0.2) is 77.7 Å². The van der Waals surface area contributed by atoms with Gasteiger partial charge in [0.25, 0.3) is 5.56 Å². The average molecular weight is 414 g/mol. The van der Waals surface area contributed by atoms with Gasteiger partial charge in [-0.2, -0.15) is 0 Å². The van der Waals surface area contributed by atoms with Crippen LogP contribution in [-0.2, 0) is 6.61 Å². The first-order valence-corrected chi connectivity index (χ1v) is 9.83. The van der Waals surface area contributed by atoms with Crippen molar-refractivity contribution in [2.24, 2.45) is 0 Å². The predicted octanol–water partition coefficient (Wildman–Crippen LogP) is 4.53. The SMILES string of the molecule is Cc1cccc(NC(=O)Nc2ccc(OCc3cc(=O)n4ccc(C)cc4n3)cc2)c1. The number of pyridine rings is 1. The van der Waals surface area contributed by atoms with E-state index in [9.17, 15) is 9.59 Å². The van der Waals surface area contributed by atoms with Crippen LogP contribution in [0.3, 0.4) is 0 Å². The number of urea groups is 1. The normalized spacial score (nSPS) is 10.6. The number of aryl methyl sites for hydroxylation is 2. The molecule has 0 aliphatic rings. The van der Waals surface area contributed by atoms with E-state index in [-0.39, 0.29) is 18.2 Å². The van der Waals surface area contributed by atoms with Crippen molar-refractivity contribution in [1.82, 2.24) is 9.38 Å². The molecule has 0 spiro atoms. The minimum atomic E-state index is -0.324. The molecule has 2 amide bonds. The molecular formula is C24H22N4O3. The first kappa shape index (κ1) is 20.2. The van der Waals surface area contributed by atoms with Crippen molar-refractivity contribution in [3.8, 4) is 5.75 Å². The molecule has 0 saturated heterocycles. The maximum atomic E-state index is 12.2. The fourth-order valence-electron chi connectivity index (χ4n) is 3.14. The number of anilines is 2. The van der Waals surface area contributed by atoms with Crippen LogP contribution in [0.4, 0.5) is 16.2 Å². The number of carbonyl (C=O) groups excluding carboxylic acids is 1. The second kappa shape index (κ2) is 8.71. The van der Waals surface area contributed by atoms with E-state index in [4.69, 9.17) is 4.74 Å². The largest absolute Gasteiger partial charge is 0.487 e. The van der Waals surface area contributed by atoms with E-state index in [1.807, 2.05) is 50.2 Å². The van der Waals surface area contributed by atoms with Gasteiger partial charge in [-0.1, -0.05) is 12.1 Å². The first-order chi connectivity index (χ1) is 15.0. The summed E-state index contributed by atoms with van der Waals surface area (Å²) in [5.41, 5.74) is 4.45. The van der Waals surface area contributed by atoms with Crippen molar-refractivity contribution in [3.63, 3.8) is 0 Å². The Hall–Kier alpha value is -4.13. The summed E-state index contributed by atoms with van der Waals surface area (Å²) in [6, 6.07) is 19.4. The standard InChI is InChI=1S/C24H22N4O3/c1-16-4-3-5-19(12-16)27-24(30)26-18-6-8-21(9-7-18)31-15-20-14-23(29)28-11-10-17(2)13-22(28)25-20/h3-14H,15H2,1-2H3,(H2,26,27,30). The van der Waals surface area contributed by atoms with Crippen LogP contribution in [-0.4, -0.2) is 15.4 Å². The lowest BCUT2D eigenvalue weighted by Crippen LogP contribution is -2.19. The van der Waals surface area contributed by atoms with Crippen molar-refractivity contribution in [1.29, 1.82) is 0 Å². The molecule has 7 heteroatoms. The van der Waals surface area contributed by atoms with E-state index in [2.05, 4.69) is 15.6 Å². The van der Waals surface area contributed by atoms with Crippen LogP contribution >= 0.6 is 0 Å². The summed E-state index contributed by atoms with van der Waals surface area (Å²) in [7, 11) is 0. The van der Waals surface area contributed by atoms with Gasteiger partial charge in [0.05, 0.1) is 5.69 Å². The van der Waals surface area contributed by atoms with Gasteiger partial charge in [0, 0.05) is 23.6 Å². The second-order valence-electron chi connectivity index (χ2n) is 7.28. The van der Waals surface area contributed by atoms with Gasteiger partial charge in [0.2, 0.25) is 0 Å². The Morgan fingerprint density at radius 1 is 0.935 bits per heavy atom. The quantitative estimate of drug-likeness (QED) is 0.502. The zero-order valence-corrected chi connectivity index (χ0v) is 17.3. The molecule has 4 rings (SSSR count). The summed E-state index contributed by atoms with van der Waals surface area (Å²) in [6.07, 6.45) is 1.71. The third kappa shape index (κ3) is 5.08. The summed E-state index contributed by atoms with van der Waals surface area (Å²) in [4.78, 5) is 28.9. The van der Waals surface area contributed by atoms with Gasteiger partial charge in [-0.3, -0.25) is 9.20 Å². The van der Waals surface area contributed by atoms with Crippen LogP contribution in [0.2, 0.25) is 0 Å². The van der Waals surface area contributed by atoms with E-state index < -0.39 is 0 Å². The Labute approximate surface area is 179 Å². The van der Waals surface area contributed by atoms with Crippen molar-refractivity contribution in [3.05, 3.63) is 100 Å². The van der Waals surface area contributed by atoms with Gasteiger partial charge in [-0.05, 0) is 73.5 Å². The lowest BCUT2D eigenvalue weighted by atomic mass is 10.2. The van der Waals surface area contributed by atoms with Gasteiger partial charge >= 0.3 is 6.03 Å². The first-order valence-electron chi connectivity index (χ1n) is 9.83. The van der Waals surface area contributed by atoms with Gasteiger partial charge in [-0.25, -0.2) is 9.78 Å². The van der Waals surface area contributed by atoms with Gasteiger partial charge in [0.1, 0.15) is 18.0 Å². The van der Waals surface area contributed by atoms with Crippen molar-refractivity contribution in [2.45, 2.75) is 20.5 Å². The molecule has 0 unspecified atom stereocenters. The Balaban J connectivity index is 1.37. The van der Waals surface area contributed by atoms with E-state index >= 15 is 0 Å². The smallest absolute Gasteiger partial charge is 0.323 e. The lowest BCUT2D eigenvalue weighted by molar-refractivity contribution is 0.262. The summed E-state index contributed by atoms with van der Waals surface area (Å²) < 4.78 is 7.25. The Morgan fingerprint density at radius 2 is 1.68 bits per heavy atom. The number of amides is 2. The maximum absolute atomic E-state index is 12.2. The Bertz CT molecular complexity index is 1300. The summed E-state index contributed by atoms with van der Waals surface area (Å²) in [5, 5.41) is 5.58. The monoisotopic (exact) mass is 414 g/mol. The number of nitrogens with one attached hydrogen (secondary N) is 2. The topological polar surface area (TPSA) is 84.7 Å². The molecular weight excluding hydrogens is 392 g/mol. The van der Waals surface area contributed by atoms with Crippen LogP contribution < -0.4 is 20.9 Å². The number of benzene rings is 2. The molecule has 2 aromatic carbocycles. The van der Waals surface area contributed by atoms with E-state index in [1.54, 1.807) is 30.5 Å². The van der Waals surface area contributed by atoms with E-state index in [1.165, 1.54) is 10.5 Å². The second-order valence-corrected chi connectivity index (χ2v) is 7.28. The molecule has 0 radical (unpaired) electrons. The van der Waals surface area contributed by atoms with Gasteiger partial charge < -0.3 is 15.4 Å². The summed E-state index contributed by atoms with van der Waals surface area (Å²) >= 11 is 0. The highest BCUT2D eigenvalue weighted by molar-refractivity contribution is 5.99. The minimum absolute atomic E-state index is 0.150. The van der Waals surface area contributed by atoms with Crippen molar-refractivity contribution < 1.29 is 9.53 Å². The van der Waals surface area contributed by atoms with Gasteiger partial charge in [0.15, 0.2) is 0 Å². The van der Waals surface area contributed by atoms with Crippen LogP contribution in [0.25, 0.3) is 5.65 Å². The molecule has 2 aromatic heterocycles. The number of hydrogen-bond acceptors (Lipinski definition) is 4. The molecule has 0 atom stereocenters. The zero-order valence-electron chi connectivity index (χ0n) is 17.3. The molecule has 7 nitrogen and oxygen atoms in total. The fourth-order valence-corrected chi connectivity index (χ4v) is 3.14. The number of hydrogen-bond donors (Lipinski definition) is 2. The highest BCUT2D eigenvalue weighted by Gasteiger charge is 2.06. The summed E-state index contributed by atoms with van der Waals surface area (Å²) in [6.45, 7) is 4.08. The molecule has 0 bridgehead atoms. The third-order valence-electron chi connectivity index (χ3n) is 4.65. The number of carbonyl (C=O) groups is 1. The summed E-state index contributed by atoms with van der Waals surface area (Å²) in [5.74, 6) is 0.607. The van der Waals surface area contributed by atoms with Crippen LogP contribution in [0.5, 0.6) is 5.75 Å². The predicted molar refractivity (Wildman–Crippen MR) is 121 cm³/mol. The third-order valence-corrected chi connectivity index (χ3v) is 4.65. The average Bonchev–Trinajstić information content (AvgIpc) is 2.73. The van der Waals surface area contributed by atoms with Crippen molar-refractivity contribution in [2.75, 3.05) is 10.6 Å². The Morgan fingerprint density at radius 3 is 2.45 bits per heavy atom. The number of aromatic nitrogens is 2. The zero-order chi connectivity index (χ0) is 21.8. The number of rotatable bonds is 5. The minimum Gasteiger partial charge on any atom is -0.487 e. The molecule has 156 valence electrons. The number of nitrogens with zero attached hydrogens (tertiary/aromatic N) is 2. The lowest BCUT2D eigenvalue weighted by Gasteiger charge is -2.10. The molecule has 2 heterocycles. The molecule has 4 aromatic rings. The number of ether oxygens (including phenoxy) is 1. The Kier molecular flexibility index (Phi) is 5.66. The molecule has 2 N–H and O–H groups in total. The molecule has 0 aliphatic heterocycles. The highest BCUT2D eigenvalue weighted by atomic mass is 16.5. The number of fused-ring (bicyclic) bond motifs is 1. The van der Waals surface area contributed by atoms with Gasteiger partial charge in [-0.15, -0.1) is 0 Å². The fraction of sp³-hybridized carbons (Fsp3) is 0.125. The van der Waals surface area contributed by atoms with Crippen LogP contribution in [0.1, 0.15) is 16.8 Å². The highest BCUT2D eigenvalue weighted by Crippen LogP contribution is 2.17. The molecule has 0 fully saturated rings. The maximum Gasteiger partial charge on any atom is 0.323 e. The van der Waals surface area contributed by atoms with E-state index in [0.717, 1.165) is 16.8 Å². The van der Waals surface area contributed by atoms with Crippen LogP contribution in [0, 0.1) is 13.8 Å². The molecule has 0 aliphatic carbocycles. The van der Waals surface area contributed by atoms with Crippen molar-refractivity contribution >= 4 is 23.1 Å². The molecule has 0 saturated carbocycles.